The van der Waals surface area contributed by atoms with Crippen LogP contribution in [0.3, 0.4) is 0 Å². The summed E-state index contributed by atoms with van der Waals surface area (Å²) in [5.41, 5.74) is 7.11. The summed E-state index contributed by atoms with van der Waals surface area (Å²) in [7, 11) is 0. The maximum Gasteiger partial charge on any atom is 0.224 e. The number of hydrogen-bond donors (Lipinski definition) is 2. The van der Waals surface area contributed by atoms with Crippen LogP contribution < -0.4 is 11.1 Å². The number of amides is 1. The molecule has 4 heteroatoms. The van der Waals surface area contributed by atoms with Crippen LogP contribution in [0.15, 0.2) is 30.3 Å². The minimum atomic E-state index is -0.245. The minimum absolute atomic E-state index is 0. The van der Waals surface area contributed by atoms with Gasteiger partial charge in [0.05, 0.1) is 5.92 Å². The van der Waals surface area contributed by atoms with Gasteiger partial charge in [-0.1, -0.05) is 51.1 Å². The van der Waals surface area contributed by atoms with Crippen LogP contribution in [0, 0.1) is 11.8 Å². The Kier molecular flexibility index (Phi) is 8.44. The highest BCUT2D eigenvalue weighted by Gasteiger charge is 2.21. The first-order valence-corrected chi connectivity index (χ1v) is 6.60. The second-order valence-corrected chi connectivity index (χ2v) is 5.20. The second-order valence-electron chi connectivity index (χ2n) is 5.20. The minimum Gasteiger partial charge on any atom is -0.356 e. The fraction of sp³-hybridized carbons (Fsp3) is 0.533. The molecule has 1 amide bonds. The Labute approximate surface area is 122 Å². The molecular weight excluding hydrogens is 260 g/mol. The van der Waals surface area contributed by atoms with Crippen LogP contribution >= 0.6 is 12.4 Å². The number of hydrogen-bond acceptors (Lipinski definition) is 2. The van der Waals surface area contributed by atoms with Crippen molar-refractivity contribution in [1.82, 2.24) is 5.32 Å². The summed E-state index contributed by atoms with van der Waals surface area (Å²) in [4.78, 5) is 11.9. The van der Waals surface area contributed by atoms with E-state index < -0.39 is 0 Å². The van der Waals surface area contributed by atoms with Crippen molar-refractivity contribution in [2.24, 2.45) is 17.6 Å². The summed E-state index contributed by atoms with van der Waals surface area (Å²) in [6, 6.07) is 9.51. The standard InChI is InChI=1S/C15H24N2O.ClH/c1-11(2)9-10-17-15(18)12(3)14(16)13-7-5-4-6-8-13;/h4-8,11-12,14H,9-10,16H2,1-3H3,(H,17,18);1H. The van der Waals surface area contributed by atoms with Crippen LogP contribution in [0.4, 0.5) is 0 Å². The van der Waals surface area contributed by atoms with Crippen molar-refractivity contribution in [1.29, 1.82) is 0 Å². The summed E-state index contributed by atoms with van der Waals surface area (Å²) in [6.45, 7) is 6.89. The highest BCUT2D eigenvalue weighted by Crippen LogP contribution is 2.18. The van der Waals surface area contributed by atoms with Gasteiger partial charge in [-0.2, -0.15) is 0 Å². The molecule has 2 atom stereocenters. The van der Waals surface area contributed by atoms with E-state index in [0.717, 1.165) is 18.5 Å². The average Bonchev–Trinajstić information content (AvgIpc) is 2.37. The normalized spacial score (nSPS) is 13.5. The zero-order valence-corrected chi connectivity index (χ0v) is 12.7. The highest BCUT2D eigenvalue weighted by molar-refractivity contribution is 5.85. The average molecular weight is 285 g/mol. The molecule has 0 aliphatic rings. The monoisotopic (exact) mass is 284 g/mol. The SMILES string of the molecule is CC(C)CCNC(=O)C(C)C(N)c1ccccc1.Cl. The molecule has 0 bridgehead atoms. The quantitative estimate of drug-likeness (QED) is 0.844. The van der Waals surface area contributed by atoms with E-state index >= 15 is 0 Å². The van der Waals surface area contributed by atoms with Crippen LogP contribution in [0.25, 0.3) is 0 Å². The third-order valence-corrected chi connectivity index (χ3v) is 3.16. The lowest BCUT2D eigenvalue weighted by Crippen LogP contribution is -2.36. The van der Waals surface area contributed by atoms with E-state index in [2.05, 4.69) is 19.2 Å². The molecule has 1 aromatic carbocycles. The Morgan fingerprint density at radius 2 is 1.79 bits per heavy atom. The molecule has 0 heterocycles. The number of nitrogens with one attached hydrogen (secondary N) is 1. The van der Waals surface area contributed by atoms with Gasteiger partial charge in [-0.3, -0.25) is 4.79 Å². The summed E-state index contributed by atoms with van der Waals surface area (Å²) in [5, 5.41) is 2.95. The Morgan fingerprint density at radius 3 is 2.32 bits per heavy atom. The molecular formula is C15H25ClN2O. The third-order valence-electron chi connectivity index (χ3n) is 3.16. The topological polar surface area (TPSA) is 55.1 Å². The lowest BCUT2D eigenvalue weighted by atomic mass is 9.94. The maximum absolute atomic E-state index is 11.9. The van der Waals surface area contributed by atoms with Gasteiger partial charge in [0.1, 0.15) is 0 Å². The third kappa shape index (κ3) is 6.08. The molecule has 0 saturated carbocycles. The first kappa shape index (κ1) is 17.9. The van der Waals surface area contributed by atoms with Crippen LogP contribution in [0.5, 0.6) is 0 Å². The molecule has 3 nitrogen and oxygen atoms in total. The van der Waals surface area contributed by atoms with Gasteiger partial charge in [-0.25, -0.2) is 0 Å². The number of halogens is 1. The lowest BCUT2D eigenvalue weighted by Gasteiger charge is -2.20. The number of rotatable bonds is 6. The first-order valence-electron chi connectivity index (χ1n) is 6.60. The van der Waals surface area contributed by atoms with Gasteiger partial charge in [0.2, 0.25) is 5.91 Å². The summed E-state index contributed by atoms with van der Waals surface area (Å²) in [6.07, 6.45) is 0.999. The van der Waals surface area contributed by atoms with Gasteiger partial charge in [0, 0.05) is 12.6 Å². The first-order chi connectivity index (χ1) is 8.52. The van der Waals surface area contributed by atoms with Crippen molar-refractivity contribution in [2.45, 2.75) is 33.2 Å². The molecule has 0 aliphatic heterocycles. The number of benzene rings is 1. The summed E-state index contributed by atoms with van der Waals surface area (Å²) < 4.78 is 0. The van der Waals surface area contributed by atoms with E-state index in [9.17, 15) is 4.79 Å². The van der Waals surface area contributed by atoms with Crippen LogP contribution in [0.2, 0.25) is 0 Å². The Morgan fingerprint density at radius 1 is 1.21 bits per heavy atom. The van der Waals surface area contributed by atoms with Crippen molar-refractivity contribution in [3.63, 3.8) is 0 Å². The zero-order valence-electron chi connectivity index (χ0n) is 11.9. The number of carbonyl (C=O) groups excluding carboxylic acids is 1. The molecule has 108 valence electrons. The van der Waals surface area contributed by atoms with Crippen molar-refractivity contribution < 1.29 is 4.79 Å². The van der Waals surface area contributed by atoms with E-state index in [-0.39, 0.29) is 30.3 Å². The fourth-order valence-electron chi connectivity index (χ4n) is 1.77. The van der Waals surface area contributed by atoms with Gasteiger partial charge in [-0.15, -0.1) is 12.4 Å². The van der Waals surface area contributed by atoms with Crippen molar-refractivity contribution in [3.05, 3.63) is 35.9 Å². The van der Waals surface area contributed by atoms with Gasteiger partial charge in [0.15, 0.2) is 0 Å². The van der Waals surface area contributed by atoms with Crippen molar-refractivity contribution >= 4 is 18.3 Å². The van der Waals surface area contributed by atoms with Crippen LogP contribution in [-0.2, 0) is 4.79 Å². The van der Waals surface area contributed by atoms with Crippen LogP contribution in [-0.4, -0.2) is 12.5 Å². The largest absolute Gasteiger partial charge is 0.356 e. The smallest absolute Gasteiger partial charge is 0.224 e. The predicted molar refractivity (Wildman–Crippen MR) is 82.2 cm³/mol. The number of nitrogens with two attached hydrogens (primary N) is 1. The molecule has 1 rings (SSSR count). The second kappa shape index (κ2) is 8.94. The van der Waals surface area contributed by atoms with Crippen molar-refractivity contribution in [3.8, 4) is 0 Å². The summed E-state index contributed by atoms with van der Waals surface area (Å²) >= 11 is 0. The summed E-state index contributed by atoms with van der Waals surface area (Å²) in [5.74, 6) is 0.426. The molecule has 0 spiro atoms. The molecule has 0 radical (unpaired) electrons. The molecule has 2 unspecified atom stereocenters. The predicted octanol–water partition coefficient (Wildman–Crippen LogP) is 2.91. The molecule has 0 fully saturated rings. The van der Waals surface area contributed by atoms with Gasteiger partial charge >= 0.3 is 0 Å². The van der Waals surface area contributed by atoms with Crippen LogP contribution in [0.1, 0.15) is 38.8 Å². The van der Waals surface area contributed by atoms with E-state index in [1.807, 2.05) is 37.3 Å². The zero-order chi connectivity index (χ0) is 13.5. The number of carbonyl (C=O) groups is 1. The molecule has 1 aromatic rings. The van der Waals surface area contributed by atoms with E-state index in [1.165, 1.54) is 0 Å². The Hall–Kier alpha value is -1.06. The molecule has 3 N–H and O–H groups in total. The van der Waals surface area contributed by atoms with E-state index in [0.29, 0.717) is 5.92 Å². The maximum atomic E-state index is 11.9. The molecule has 19 heavy (non-hydrogen) atoms. The molecule has 0 saturated heterocycles. The Bertz CT molecular complexity index is 368. The van der Waals surface area contributed by atoms with E-state index in [4.69, 9.17) is 5.73 Å². The molecule has 0 aromatic heterocycles. The van der Waals surface area contributed by atoms with Crippen molar-refractivity contribution in [2.75, 3.05) is 6.54 Å². The van der Waals surface area contributed by atoms with Gasteiger partial charge in [-0.05, 0) is 17.9 Å². The molecule has 0 aliphatic carbocycles. The lowest BCUT2D eigenvalue weighted by molar-refractivity contribution is -0.125. The van der Waals surface area contributed by atoms with Gasteiger partial charge < -0.3 is 11.1 Å². The fourth-order valence-corrected chi connectivity index (χ4v) is 1.77. The van der Waals surface area contributed by atoms with E-state index in [1.54, 1.807) is 0 Å². The van der Waals surface area contributed by atoms with Gasteiger partial charge in [0.25, 0.3) is 0 Å². The Balaban J connectivity index is 0.00000324. The highest BCUT2D eigenvalue weighted by atomic mass is 35.5.